The molecule has 0 N–H and O–H groups in total. The van der Waals surface area contributed by atoms with Crippen molar-refractivity contribution in [3.8, 4) is 0 Å². The molecule has 0 aromatic heterocycles. The van der Waals surface area contributed by atoms with Crippen molar-refractivity contribution in [3.63, 3.8) is 0 Å². The van der Waals surface area contributed by atoms with E-state index in [0.29, 0.717) is 6.54 Å². The van der Waals surface area contributed by atoms with Crippen molar-refractivity contribution in [2.75, 3.05) is 6.54 Å². The Morgan fingerprint density at radius 3 is 2.67 bits per heavy atom. The molecule has 0 aliphatic rings. The van der Waals surface area contributed by atoms with Crippen molar-refractivity contribution in [1.82, 2.24) is 0 Å². The SMILES string of the molecule is C=C=NCC=C. The quantitative estimate of drug-likeness (QED) is 0.347. The summed E-state index contributed by atoms with van der Waals surface area (Å²) in [6.07, 6.45) is 1.69. The van der Waals surface area contributed by atoms with Gasteiger partial charge >= 0.3 is 0 Å². The smallest absolute Gasteiger partial charge is 0.0662 e. The lowest BCUT2D eigenvalue weighted by Crippen LogP contribution is -1.62. The van der Waals surface area contributed by atoms with E-state index in [4.69, 9.17) is 0 Å². The maximum Gasteiger partial charge on any atom is 0.0662 e. The fourth-order valence-electron chi connectivity index (χ4n) is 0.129. The van der Waals surface area contributed by atoms with Crippen LogP contribution in [0.2, 0.25) is 0 Å². The molecule has 0 heterocycles. The Labute approximate surface area is 37.7 Å². The van der Waals surface area contributed by atoms with Gasteiger partial charge in [0, 0.05) is 0 Å². The molecule has 0 rings (SSSR count). The molecular weight excluding hydrogens is 74.1 g/mol. The Kier molecular flexibility index (Phi) is 3.62. The summed E-state index contributed by atoms with van der Waals surface area (Å²) in [4.78, 5) is 3.61. The van der Waals surface area contributed by atoms with E-state index in [1.165, 1.54) is 0 Å². The topological polar surface area (TPSA) is 12.4 Å². The average molecular weight is 81.1 g/mol. The minimum absolute atomic E-state index is 0.628. The van der Waals surface area contributed by atoms with E-state index in [1.807, 2.05) is 0 Å². The second-order valence-electron chi connectivity index (χ2n) is 0.787. The van der Waals surface area contributed by atoms with Gasteiger partial charge in [0.1, 0.15) is 0 Å². The fourth-order valence-corrected chi connectivity index (χ4v) is 0.129. The van der Waals surface area contributed by atoms with E-state index < -0.39 is 0 Å². The normalized spacial score (nSPS) is 6.00. The average Bonchev–Trinajstić information content (AvgIpc) is 1.61. The van der Waals surface area contributed by atoms with E-state index in [9.17, 15) is 0 Å². The van der Waals surface area contributed by atoms with Crippen LogP contribution in [0.3, 0.4) is 0 Å². The van der Waals surface area contributed by atoms with Gasteiger partial charge in [-0.1, -0.05) is 6.08 Å². The summed E-state index contributed by atoms with van der Waals surface area (Å²) >= 11 is 0. The van der Waals surface area contributed by atoms with E-state index in [-0.39, 0.29) is 0 Å². The van der Waals surface area contributed by atoms with Gasteiger partial charge < -0.3 is 0 Å². The van der Waals surface area contributed by atoms with Gasteiger partial charge in [-0.05, 0) is 12.4 Å². The zero-order valence-corrected chi connectivity index (χ0v) is 3.65. The van der Waals surface area contributed by atoms with Crippen molar-refractivity contribution >= 4 is 5.87 Å². The molecule has 0 aromatic rings. The first-order chi connectivity index (χ1) is 2.91. The van der Waals surface area contributed by atoms with Crippen molar-refractivity contribution in [2.45, 2.75) is 0 Å². The van der Waals surface area contributed by atoms with Gasteiger partial charge in [0.15, 0.2) is 0 Å². The Morgan fingerprint density at radius 2 is 2.50 bits per heavy atom. The van der Waals surface area contributed by atoms with Crippen LogP contribution < -0.4 is 0 Å². The van der Waals surface area contributed by atoms with Crippen LogP contribution in [0.25, 0.3) is 0 Å². The maximum absolute atomic E-state index is 3.61. The Bertz CT molecular complexity index is 77.9. The lowest BCUT2D eigenvalue weighted by atomic mass is 10.7. The molecule has 0 amide bonds. The lowest BCUT2D eigenvalue weighted by Gasteiger charge is -1.67. The summed E-state index contributed by atoms with van der Waals surface area (Å²) in [6, 6.07) is 0. The first-order valence-electron chi connectivity index (χ1n) is 1.71. The molecular formula is C5H7N. The minimum Gasteiger partial charge on any atom is -0.240 e. The Balaban J connectivity index is 3.07. The predicted molar refractivity (Wildman–Crippen MR) is 28.1 cm³/mol. The first kappa shape index (κ1) is 5.19. The standard InChI is InChI=1S/C5H7N/c1-3-5-6-4-2/h3H,1-2,5H2. The van der Waals surface area contributed by atoms with Crippen molar-refractivity contribution in [1.29, 1.82) is 0 Å². The molecule has 0 aromatic carbocycles. The van der Waals surface area contributed by atoms with Crippen LogP contribution in [-0.2, 0) is 0 Å². The number of nitrogens with zero attached hydrogens (tertiary/aromatic N) is 1. The lowest BCUT2D eigenvalue weighted by molar-refractivity contribution is 1.27. The van der Waals surface area contributed by atoms with Gasteiger partial charge in [0.2, 0.25) is 0 Å². The summed E-state index contributed by atoms with van der Waals surface area (Å²) in [6.45, 7) is 7.32. The van der Waals surface area contributed by atoms with E-state index in [0.717, 1.165) is 0 Å². The van der Waals surface area contributed by atoms with Crippen LogP contribution in [0, 0.1) is 0 Å². The third kappa shape index (κ3) is 3.19. The fraction of sp³-hybridized carbons (Fsp3) is 0.200. The summed E-state index contributed by atoms with van der Waals surface area (Å²) in [7, 11) is 0. The maximum atomic E-state index is 3.61. The van der Waals surface area contributed by atoms with Crippen LogP contribution in [0.5, 0.6) is 0 Å². The molecule has 0 saturated carbocycles. The van der Waals surface area contributed by atoms with Gasteiger partial charge in [0.05, 0.1) is 6.54 Å². The third-order valence-corrected chi connectivity index (χ3v) is 0.332. The van der Waals surface area contributed by atoms with Crippen LogP contribution in [0.15, 0.2) is 24.2 Å². The molecule has 0 saturated heterocycles. The van der Waals surface area contributed by atoms with Gasteiger partial charge in [-0.3, -0.25) is 0 Å². The molecule has 0 spiro atoms. The van der Waals surface area contributed by atoms with Crippen molar-refractivity contribution in [3.05, 3.63) is 19.2 Å². The first-order valence-corrected chi connectivity index (χ1v) is 1.71. The molecule has 0 atom stereocenters. The van der Waals surface area contributed by atoms with Gasteiger partial charge in [-0.2, -0.15) is 0 Å². The van der Waals surface area contributed by atoms with Gasteiger partial charge in [-0.15, -0.1) is 6.58 Å². The van der Waals surface area contributed by atoms with Crippen LogP contribution in [0.1, 0.15) is 0 Å². The molecule has 0 aliphatic carbocycles. The molecule has 0 bridgehead atoms. The Morgan fingerprint density at radius 1 is 1.83 bits per heavy atom. The number of aliphatic imine (C=N–C) groups is 1. The number of rotatable bonds is 2. The zero-order valence-electron chi connectivity index (χ0n) is 3.65. The summed E-state index contributed by atoms with van der Waals surface area (Å²) < 4.78 is 0. The highest BCUT2D eigenvalue weighted by Crippen LogP contribution is 1.61. The van der Waals surface area contributed by atoms with Crippen LogP contribution >= 0.6 is 0 Å². The summed E-state index contributed by atoms with van der Waals surface area (Å²) in [5.41, 5.74) is 0. The Hall–Kier alpha value is -0.810. The summed E-state index contributed by atoms with van der Waals surface area (Å²) in [5.74, 6) is 2.37. The van der Waals surface area contributed by atoms with Crippen molar-refractivity contribution in [2.24, 2.45) is 4.99 Å². The molecule has 32 valence electrons. The number of hydrogen-bond acceptors (Lipinski definition) is 1. The highest BCUT2D eigenvalue weighted by atomic mass is 14.7. The van der Waals surface area contributed by atoms with E-state index in [2.05, 4.69) is 24.0 Å². The molecule has 0 fully saturated rings. The third-order valence-electron chi connectivity index (χ3n) is 0.332. The highest BCUT2D eigenvalue weighted by molar-refractivity contribution is 5.46. The second-order valence-corrected chi connectivity index (χ2v) is 0.787. The van der Waals surface area contributed by atoms with Crippen LogP contribution in [-0.4, -0.2) is 12.4 Å². The molecule has 0 unspecified atom stereocenters. The summed E-state index contributed by atoms with van der Waals surface area (Å²) in [5, 5.41) is 0. The highest BCUT2D eigenvalue weighted by Gasteiger charge is 1.55. The van der Waals surface area contributed by atoms with E-state index in [1.54, 1.807) is 6.08 Å². The van der Waals surface area contributed by atoms with Crippen LogP contribution in [0.4, 0.5) is 0 Å². The minimum atomic E-state index is 0.628. The molecule has 0 radical (unpaired) electrons. The molecule has 0 aliphatic heterocycles. The van der Waals surface area contributed by atoms with Gasteiger partial charge in [0.25, 0.3) is 0 Å². The zero-order chi connectivity index (χ0) is 4.83. The molecule has 6 heavy (non-hydrogen) atoms. The van der Waals surface area contributed by atoms with E-state index >= 15 is 0 Å². The number of hydrogen-bond donors (Lipinski definition) is 0. The molecule has 1 heteroatoms. The van der Waals surface area contributed by atoms with Gasteiger partial charge in [-0.25, -0.2) is 4.99 Å². The predicted octanol–water partition coefficient (Wildman–Crippen LogP) is 1.03. The molecule has 1 nitrogen and oxygen atoms in total. The largest absolute Gasteiger partial charge is 0.240 e. The monoisotopic (exact) mass is 81.1 g/mol. The second kappa shape index (κ2) is 4.19. The van der Waals surface area contributed by atoms with Crippen molar-refractivity contribution < 1.29 is 0 Å².